The second-order valence-corrected chi connectivity index (χ2v) is 2.72. The van der Waals surface area contributed by atoms with E-state index < -0.39 is 6.98 Å². The topological polar surface area (TPSA) is 23.8 Å². The third-order valence-corrected chi connectivity index (χ3v) is 1.52. The van der Waals surface area contributed by atoms with Gasteiger partial charge >= 0.3 is 58.4 Å². The zero-order valence-electron chi connectivity index (χ0n) is 8.12. The van der Waals surface area contributed by atoms with Gasteiger partial charge in [0.15, 0.2) is 0 Å². The summed E-state index contributed by atoms with van der Waals surface area (Å²) < 4.78 is 35.5. The van der Waals surface area contributed by atoms with Gasteiger partial charge in [-0.1, -0.05) is 18.2 Å². The number of nitriles is 1. The van der Waals surface area contributed by atoms with E-state index >= 15 is 0 Å². The van der Waals surface area contributed by atoms with E-state index in [1.54, 1.807) is 6.07 Å². The number of halogens is 3. The summed E-state index contributed by atoms with van der Waals surface area (Å²) in [6.07, 6.45) is 0.959. The minimum absolute atomic E-state index is 0. The maximum absolute atomic E-state index is 11.8. The van der Waals surface area contributed by atoms with E-state index in [4.69, 9.17) is 5.26 Å². The van der Waals surface area contributed by atoms with Crippen LogP contribution in [0, 0.1) is 11.3 Å². The Labute approximate surface area is 128 Å². The largest absolute Gasteiger partial charge is 1.00 e. The van der Waals surface area contributed by atoms with Crippen LogP contribution in [-0.4, -0.2) is 6.98 Å². The quantitative estimate of drug-likeness (QED) is 0.660. The Kier molecular flexibility index (Phi) is 6.48. The zero-order valence-corrected chi connectivity index (χ0v) is 11.2. The summed E-state index contributed by atoms with van der Waals surface area (Å²) in [6.45, 7) is -4.91. The van der Waals surface area contributed by atoms with Gasteiger partial charge in [-0.25, -0.2) is 0 Å². The summed E-state index contributed by atoms with van der Waals surface area (Å²) in [4.78, 5) is 0. The summed E-state index contributed by atoms with van der Waals surface area (Å²) >= 11 is 0. The molecule has 0 spiro atoms. The fourth-order valence-corrected chi connectivity index (χ4v) is 0.932. The standard InChI is InChI=1S/C9H6BF3N.K/c11-10(12,13)5-4-8-2-1-3-9(6-8)7-14;/h1-6H;/q-1;+1/b5-4+;. The second kappa shape index (κ2) is 6.51. The van der Waals surface area contributed by atoms with E-state index in [0.717, 1.165) is 6.08 Å². The number of rotatable bonds is 2. The van der Waals surface area contributed by atoms with Crippen molar-refractivity contribution in [2.24, 2.45) is 0 Å². The molecule has 0 aliphatic rings. The first kappa shape index (κ1) is 14.9. The fraction of sp³-hybridized carbons (Fsp3) is 0. The van der Waals surface area contributed by atoms with Gasteiger partial charge in [-0.3, -0.25) is 0 Å². The molecule has 1 nitrogen and oxygen atoms in total. The van der Waals surface area contributed by atoms with Crippen molar-refractivity contribution in [3.63, 3.8) is 0 Å². The van der Waals surface area contributed by atoms with Crippen molar-refractivity contribution in [1.29, 1.82) is 5.26 Å². The van der Waals surface area contributed by atoms with Crippen LogP contribution in [0.5, 0.6) is 0 Å². The van der Waals surface area contributed by atoms with Gasteiger partial charge in [-0.2, -0.15) is 5.26 Å². The summed E-state index contributed by atoms with van der Waals surface area (Å²) in [7, 11) is 0. The molecule has 0 amide bonds. The number of benzene rings is 1. The monoisotopic (exact) mass is 235 g/mol. The molecule has 0 atom stereocenters. The number of nitrogens with zero attached hydrogens (tertiary/aromatic N) is 1. The van der Waals surface area contributed by atoms with Gasteiger partial charge in [0.05, 0.1) is 11.6 Å². The van der Waals surface area contributed by atoms with Crippen LogP contribution in [0.25, 0.3) is 6.08 Å². The third kappa shape index (κ3) is 6.18. The molecule has 0 heterocycles. The molecule has 0 saturated heterocycles. The minimum atomic E-state index is -4.91. The molecule has 15 heavy (non-hydrogen) atoms. The Morgan fingerprint density at radius 3 is 2.47 bits per heavy atom. The summed E-state index contributed by atoms with van der Waals surface area (Å²) in [6, 6.07) is 7.85. The first-order valence-corrected chi connectivity index (χ1v) is 3.90. The van der Waals surface area contributed by atoms with Crippen molar-refractivity contribution < 1.29 is 64.3 Å². The molecule has 1 rings (SSSR count). The van der Waals surface area contributed by atoms with E-state index in [1.165, 1.54) is 18.2 Å². The second-order valence-electron chi connectivity index (χ2n) is 2.72. The molecular formula is C9H6BF3KN. The third-order valence-electron chi connectivity index (χ3n) is 1.52. The van der Waals surface area contributed by atoms with Crippen molar-refractivity contribution in [3.8, 4) is 6.07 Å². The predicted octanol–water partition coefficient (Wildman–Crippen LogP) is -0.0379. The van der Waals surface area contributed by atoms with Crippen LogP contribution in [0.15, 0.2) is 30.2 Å². The molecule has 1 aromatic carbocycles. The molecule has 0 aromatic heterocycles. The van der Waals surface area contributed by atoms with Crippen molar-refractivity contribution >= 4 is 13.1 Å². The van der Waals surface area contributed by atoms with Crippen LogP contribution >= 0.6 is 0 Å². The molecular weight excluding hydrogens is 229 g/mol. The zero-order chi connectivity index (χ0) is 10.6. The first-order chi connectivity index (χ1) is 6.51. The Morgan fingerprint density at radius 2 is 1.93 bits per heavy atom. The summed E-state index contributed by atoms with van der Waals surface area (Å²) in [5.74, 6) is 0.205. The molecule has 0 aliphatic heterocycles. The number of hydrogen-bond acceptors (Lipinski definition) is 1. The molecule has 0 unspecified atom stereocenters. The van der Waals surface area contributed by atoms with Gasteiger partial charge in [-0.05, 0) is 17.7 Å². The molecule has 72 valence electrons. The van der Waals surface area contributed by atoms with Crippen LogP contribution in [0.2, 0.25) is 0 Å². The number of hydrogen-bond donors (Lipinski definition) is 0. The Morgan fingerprint density at radius 1 is 1.27 bits per heavy atom. The van der Waals surface area contributed by atoms with Gasteiger partial charge in [0.1, 0.15) is 0 Å². The molecule has 6 heteroatoms. The SMILES string of the molecule is N#Cc1cccc(/C=C/[B-](F)(F)F)c1.[K+]. The van der Waals surface area contributed by atoms with Gasteiger partial charge in [0.2, 0.25) is 0 Å². The van der Waals surface area contributed by atoms with E-state index in [1.807, 2.05) is 6.07 Å². The van der Waals surface area contributed by atoms with Gasteiger partial charge in [0, 0.05) is 0 Å². The smallest absolute Gasteiger partial charge is 0.445 e. The van der Waals surface area contributed by atoms with Gasteiger partial charge < -0.3 is 12.9 Å². The van der Waals surface area contributed by atoms with Crippen molar-refractivity contribution in [2.75, 3.05) is 0 Å². The summed E-state index contributed by atoms with van der Waals surface area (Å²) in [5, 5.41) is 8.50. The average molecular weight is 235 g/mol. The summed E-state index contributed by atoms with van der Waals surface area (Å²) in [5.41, 5.74) is 0.727. The van der Waals surface area contributed by atoms with Gasteiger partial charge in [-0.15, -0.1) is 5.98 Å². The maximum atomic E-state index is 11.8. The molecule has 0 aliphatic carbocycles. The Hall–Kier alpha value is -0.0587. The molecule has 0 fully saturated rings. The van der Waals surface area contributed by atoms with Crippen molar-refractivity contribution in [2.45, 2.75) is 0 Å². The molecule has 0 bridgehead atoms. The first-order valence-electron chi connectivity index (χ1n) is 3.90. The van der Waals surface area contributed by atoms with Crippen molar-refractivity contribution in [1.82, 2.24) is 0 Å². The molecule has 0 radical (unpaired) electrons. The maximum Gasteiger partial charge on any atom is 1.00 e. The van der Waals surface area contributed by atoms with Crippen molar-refractivity contribution in [3.05, 3.63) is 41.4 Å². The van der Waals surface area contributed by atoms with E-state index in [-0.39, 0.29) is 57.4 Å². The van der Waals surface area contributed by atoms with E-state index in [2.05, 4.69) is 0 Å². The van der Waals surface area contributed by atoms with E-state index in [9.17, 15) is 12.9 Å². The average Bonchev–Trinajstić information content (AvgIpc) is 2.14. The molecule has 0 N–H and O–H groups in total. The predicted molar refractivity (Wildman–Crippen MR) is 49.3 cm³/mol. The van der Waals surface area contributed by atoms with Crippen LogP contribution in [-0.2, 0) is 0 Å². The van der Waals surface area contributed by atoms with Crippen LogP contribution in [0.4, 0.5) is 12.9 Å². The fourth-order valence-electron chi connectivity index (χ4n) is 0.932. The molecule has 0 saturated carbocycles. The Bertz CT molecular complexity index is 395. The van der Waals surface area contributed by atoms with E-state index in [0.29, 0.717) is 11.1 Å². The normalized spacial score (nSPS) is 10.8. The van der Waals surface area contributed by atoms with Crippen LogP contribution in [0.3, 0.4) is 0 Å². The van der Waals surface area contributed by atoms with Crippen LogP contribution in [0.1, 0.15) is 11.1 Å². The van der Waals surface area contributed by atoms with Crippen LogP contribution < -0.4 is 51.4 Å². The minimum Gasteiger partial charge on any atom is -0.445 e. The Balaban J connectivity index is 0.00000196. The molecule has 1 aromatic rings. The van der Waals surface area contributed by atoms with Gasteiger partial charge in [0.25, 0.3) is 0 Å².